The molecule has 0 saturated carbocycles. The molecular weight excluding hydrogens is 428 g/mol. The minimum absolute atomic E-state index is 0.123. The van der Waals surface area contributed by atoms with Crippen molar-refractivity contribution in [1.82, 2.24) is 20.1 Å². The molecule has 2 aromatic rings. The van der Waals surface area contributed by atoms with Gasteiger partial charge in [0.25, 0.3) is 5.56 Å². The maximum atomic E-state index is 12.8. The number of nitrogens with one attached hydrogen (secondary N) is 2. The van der Waals surface area contributed by atoms with Gasteiger partial charge in [-0.2, -0.15) is 0 Å². The Labute approximate surface area is 194 Å². The minimum Gasteiger partial charge on any atom is -0.486 e. The second-order valence-corrected chi connectivity index (χ2v) is 8.12. The summed E-state index contributed by atoms with van der Waals surface area (Å²) >= 11 is 5.64. The first-order valence-electron chi connectivity index (χ1n) is 11.2. The van der Waals surface area contributed by atoms with Crippen LogP contribution >= 0.6 is 12.2 Å². The van der Waals surface area contributed by atoms with Gasteiger partial charge in [0.05, 0.1) is 18.7 Å². The van der Waals surface area contributed by atoms with Gasteiger partial charge in [0.2, 0.25) is 0 Å². The number of hydrogen-bond donors (Lipinski definition) is 2. The average molecular weight is 463 g/mol. The number of aromatic nitrogens is 1. The highest BCUT2D eigenvalue weighted by Gasteiger charge is 2.17. The lowest BCUT2D eigenvalue weighted by Crippen LogP contribution is -2.42. The number of H-pyrrole nitrogens is 1. The lowest BCUT2D eigenvalue weighted by atomic mass is 10.1. The van der Waals surface area contributed by atoms with Crippen LogP contribution in [0.1, 0.15) is 25.8 Å². The lowest BCUT2D eigenvalue weighted by Gasteiger charge is -2.27. The van der Waals surface area contributed by atoms with Crippen LogP contribution in [0.3, 0.4) is 0 Å². The molecule has 0 unspecified atom stereocenters. The fraction of sp³-hybridized carbons (Fsp3) is 0.565. The van der Waals surface area contributed by atoms with E-state index < -0.39 is 0 Å². The van der Waals surface area contributed by atoms with Crippen molar-refractivity contribution in [2.45, 2.75) is 26.8 Å². The van der Waals surface area contributed by atoms with E-state index in [1.807, 2.05) is 18.2 Å². The summed E-state index contributed by atoms with van der Waals surface area (Å²) in [5, 5.41) is 4.77. The van der Waals surface area contributed by atoms with Crippen molar-refractivity contribution in [1.29, 1.82) is 0 Å². The van der Waals surface area contributed by atoms with Crippen LogP contribution < -0.4 is 20.3 Å². The van der Waals surface area contributed by atoms with E-state index in [2.05, 4.69) is 33.9 Å². The highest BCUT2D eigenvalue weighted by atomic mass is 32.1. The largest absolute Gasteiger partial charge is 0.486 e. The molecule has 0 saturated heterocycles. The topological polar surface area (TPSA) is 79.1 Å². The van der Waals surface area contributed by atoms with Gasteiger partial charge < -0.3 is 34.3 Å². The fourth-order valence-electron chi connectivity index (χ4n) is 3.76. The molecule has 0 bridgehead atoms. The zero-order chi connectivity index (χ0) is 22.9. The smallest absolute Gasteiger partial charge is 0.253 e. The van der Waals surface area contributed by atoms with Gasteiger partial charge in [0.1, 0.15) is 13.2 Å². The van der Waals surface area contributed by atoms with Gasteiger partial charge in [0, 0.05) is 37.2 Å². The van der Waals surface area contributed by atoms with Crippen molar-refractivity contribution >= 4 is 28.2 Å². The van der Waals surface area contributed by atoms with Crippen molar-refractivity contribution in [3.8, 4) is 11.5 Å². The number of rotatable bonds is 11. The molecule has 0 radical (unpaired) electrons. The van der Waals surface area contributed by atoms with Crippen LogP contribution in [0.25, 0.3) is 10.9 Å². The number of ether oxygens (including phenoxy) is 3. The van der Waals surface area contributed by atoms with Gasteiger partial charge in [-0.05, 0) is 50.4 Å². The summed E-state index contributed by atoms with van der Waals surface area (Å²) in [4.78, 5) is 20.3. The van der Waals surface area contributed by atoms with Gasteiger partial charge in [-0.25, -0.2) is 0 Å². The van der Waals surface area contributed by atoms with Crippen molar-refractivity contribution in [2.75, 3.05) is 59.7 Å². The van der Waals surface area contributed by atoms with E-state index in [9.17, 15) is 4.79 Å². The summed E-state index contributed by atoms with van der Waals surface area (Å²) in [6.07, 6.45) is 0.956. The van der Waals surface area contributed by atoms with Crippen LogP contribution in [-0.4, -0.2) is 79.6 Å². The van der Waals surface area contributed by atoms with Gasteiger partial charge in [-0.1, -0.05) is 13.8 Å². The van der Waals surface area contributed by atoms with Gasteiger partial charge >= 0.3 is 0 Å². The Balaban J connectivity index is 1.78. The van der Waals surface area contributed by atoms with Crippen molar-refractivity contribution in [3.05, 3.63) is 34.1 Å². The zero-order valence-electron chi connectivity index (χ0n) is 19.2. The maximum Gasteiger partial charge on any atom is 0.253 e. The molecule has 0 spiro atoms. The number of aromatic amines is 1. The first kappa shape index (κ1) is 24.3. The molecule has 1 aliphatic rings. The Kier molecular flexibility index (Phi) is 9.13. The molecule has 2 N–H and O–H groups in total. The van der Waals surface area contributed by atoms with Gasteiger partial charge in [0.15, 0.2) is 16.6 Å². The second-order valence-electron chi connectivity index (χ2n) is 7.73. The van der Waals surface area contributed by atoms with Crippen LogP contribution in [0.4, 0.5) is 0 Å². The summed E-state index contributed by atoms with van der Waals surface area (Å²) in [6, 6.07) is 5.67. The molecule has 1 aliphatic heterocycles. The number of fused-ring (bicyclic) bond motifs is 2. The quantitative estimate of drug-likeness (QED) is 0.389. The Bertz CT molecular complexity index is 961. The molecule has 0 amide bonds. The summed E-state index contributed by atoms with van der Waals surface area (Å²) < 4.78 is 16.4. The number of benzene rings is 1. The number of pyridine rings is 1. The molecular formula is C23H34N4O4S. The van der Waals surface area contributed by atoms with E-state index in [1.165, 1.54) is 0 Å². The summed E-state index contributed by atoms with van der Waals surface area (Å²) in [6.45, 7) is 10.8. The van der Waals surface area contributed by atoms with Crippen molar-refractivity contribution in [3.63, 3.8) is 0 Å². The minimum atomic E-state index is -0.123. The Hall–Kier alpha value is -2.36. The van der Waals surface area contributed by atoms with E-state index in [0.29, 0.717) is 55.1 Å². The monoisotopic (exact) mass is 462 g/mol. The molecule has 0 fully saturated rings. The molecule has 176 valence electrons. The van der Waals surface area contributed by atoms with E-state index in [1.54, 1.807) is 7.11 Å². The zero-order valence-corrected chi connectivity index (χ0v) is 20.1. The van der Waals surface area contributed by atoms with E-state index in [0.717, 1.165) is 43.5 Å². The Morgan fingerprint density at radius 1 is 1.16 bits per heavy atom. The number of thiocarbonyl (C=S) groups is 1. The summed E-state index contributed by atoms with van der Waals surface area (Å²) in [7, 11) is 1.66. The maximum absolute atomic E-state index is 12.8. The fourth-order valence-corrected chi connectivity index (χ4v) is 4.02. The highest BCUT2D eigenvalue weighted by Crippen LogP contribution is 2.33. The normalized spacial score (nSPS) is 12.9. The second kappa shape index (κ2) is 12.0. The molecule has 8 nitrogen and oxygen atoms in total. The molecule has 1 aromatic heterocycles. The van der Waals surface area contributed by atoms with Crippen molar-refractivity contribution < 1.29 is 14.2 Å². The SMILES string of the molecule is CCN(CC)CCCN(Cc1cc2cc3c(cc2[nH]c1=O)OCCO3)C(=S)NCCOC. The Morgan fingerprint density at radius 3 is 2.56 bits per heavy atom. The van der Waals surface area contributed by atoms with Crippen LogP contribution in [-0.2, 0) is 11.3 Å². The van der Waals surface area contributed by atoms with Crippen LogP contribution in [0, 0.1) is 0 Å². The molecule has 0 atom stereocenters. The predicted octanol–water partition coefficient (Wildman–Crippen LogP) is 2.35. The van der Waals surface area contributed by atoms with Crippen LogP contribution in [0.5, 0.6) is 11.5 Å². The van der Waals surface area contributed by atoms with Crippen molar-refractivity contribution in [2.24, 2.45) is 0 Å². The van der Waals surface area contributed by atoms with E-state index in [4.69, 9.17) is 26.4 Å². The molecule has 3 rings (SSSR count). The lowest BCUT2D eigenvalue weighted by molar-refractivity contribution is 0.172. The number of hydrogen-bond acceptors (Lipinski definition) is 6. The van der Waals surface area contributed by atoms with Crippen LogP contribution in [0.2, 0.25) is 0 Å². The third kappa shape index (κ3) is 6.34. The molecule has 2 heterocycles. The molecule has 0 aliphatic carbocycles. The molecule has 1 aromatic carbocycles. The Morgan fingerprint density at radius 2 is 1.88 bits per heavy atom. The van der Waals surface area contributed by atoms with E-state index >= 15 is 0 Å². The highest BCUT2D eigenvalue weighted by molar-refractivity contribution is 7.80. The van der Waals surface area contributed by atoms with Gasteiger partial charge in [-0.15, -0.1) is 0 Å². The first-order chi connectivity index (χ1) is 15.5. The molecule has 9 heteroatoms. The third-order valence-corrected chi connectivity index (χ3v) is 6.01. The average Bonchev–Trinajstić information content (AvgIpc) is 2.80. The number of nitrogens with zero attached hydrogens (tertiary/aromatic N) is 2. The van der Waals surface area contributed by atoms with Gasteiger partial charge in [-0.3, -0.25) is 4.79 Å². The molecule has 32 heavy (non-hydrogen) atoms. The van der Waals surface area contributed by atoms with Crippen LogP contribution in [0.15, 0.2) is 23.0 Å². The standard InChI is InChI=1S/C23H34N4O4S/c1-4-26(5-2)8-6-9-27(23(32)24-7-10-29-3)16-18-13-17-14-20-21(31-12-11-30-20)15-19(17)25-22(18)28/h13-15H,4-12,16H2,1-3H3,(H,24,32)(H,25,28). The number of methoxy groups -OCH3 is 1. The predicted molar refractivity (Wildman–Crippen MR) is 131 cm³/mol. The summed E-state index contributed by atoms with van der Waals surface area (Å²) in [5.74, 6) is 1.36. The third-order valence-electron chi connectivity index (χ3n) is 5.61. The van der Waals surface area contributed by atoms with E-state index in [-0.39, 0.29) is 5.56 Å². The summed E-state index contributed by atoms with van der Waals surface area (Å²) in [5.41, 5.74) is 1.27. The first-order valence-corrected chi connectivity index (χ1v) is 11.7.